The molecule has 0 saturated heterocycles. The molecule has 0 spiro atoms. The van der Waals surface area contributed by atoms with E-state index in [2.05, 4.69) is 10.4 Å². The van der Waals surface area contributed by atoms with Crippen LogP contribution in [0, 0.1) is 5.92 Å². The lowest BCUT2D eigenvalue weighted by molar-refractivity contribution is 0.0895. The van der Waals surface area contributed by atoms with Crippen molar-refractivity contribution < 1.29 is 9.90 Å². The first-order chi connectivity index (χ1) is 8.43. The smallest absolute Gasteiger partial charge is 0.274 e. The molecule has 0 saturated carbocycles. The van der Waals surface area contributed by atoms with Crippen LogP contribution in [-0.4, -0.2) is 33.4 Å². The first-order valence-corrected chi connectivity index (χ1v) is 6.23. The lowest BCUT2D eigenvalue weighted by Crippen LogP contribution is -2.33. The van der Waals surface area contributed by atoms with Gasteiger partial charge in [-0.25, -0.2) is 0 Å². The van der Waals surface area contributed by atoms with E-state index >= 15 is 0 Å². The van der Waals surface area contributed by atoms with Gasteiger partial charge >= 0.3 is 0 Å². The first kappa shape index (κ1) is 14.5. The van der Waals surface area contributed by atoms with Crippen molar-refractivity contribution in [2.45, 2.75) is 39.8 Å². The molecular weight excluding hydrogens is 232 g/mol. The Morgan fingerprint density at radius 2 is 2.28 bits per heavy atom. The van der Waals surface area contributed by atoms with E-state index in [9.17, 15) is 9.90 Å². The van der Waals surface area contributed by atoms with Gasteiger partial charge in [0.05, 0.1) is 11.8 Å². The monoisotopic (exact) mass is 254 g/mol. The summed E-state index contributed by atoms with van der Waals surface area (Å²) in [5, 5.41) is 16.4. The average Bonchev–Trinajstić information content (AvgIpc) is 2.66. The standard InChI is InChI=1S/C12H22N4O2/c1-4-16-7-10(13)11(15-16)12(18)14-6-9(17)5-8(2)3/h7-9,17H,4-6,13H2,1-3H3,(H,14,18). The number of nitrogens with zero attached hydrogens (tertiary/aromatic N) is 2. The minimum absolute atomic E-state index is 0.216. The number of aryl methyl sites for hydroxylation is 1. The average molecular weight is 254 g/mol. The van der Waals surface area contributed by atoms with E-state index in [4.69, 9.17) is 5.73 Å². The van der Waals surface area contributed by atoms with Gasteiger partial charge < -0.3 is 16.2 Å². The lowest BCUT2D eigenvalue weighted by atomic mass is 10.1. The number of carbonyl (C=O) groups is 1. The number of aromatic nitrogens is 2. The molecule has 4 N–H and O–H groups in total. The lowest BCUT2D eigenvalue weighted by Gasteiger charge is -2.13. The molecule has 1 aromatic rings. The summed E-state index contributed by atoms with van der Waals surface area (Å²) < 4.78 is 1.61. The fourth-order valence-corrected chi connectivity index (χ4v) is 1.70. The van der Waals surface area contributed by atoms with Crippen molar-refractivity contribution in [3.8, 4) is 0 Å². The Balaban J connectivity index is 2.52. The van der Waals surface area contributed by atoms with E-state index in [0.717, 1.165) is 0 Å². The third kappa shape index (κ3) is 4.03. The summed E-state index contributed by atoms with van der Waals surface area (Å²) in [6, 6.07) is 0. The molecule has 0 fully saturated rings. The predicted molar refractivity (Wildman–Crippen MR) is 70.1 cm³/mol. The molecule has 1 rings (SSSR count). The zero-order valence-corrected chi connectivity index (χ0v) is 11.2. The quantitative estimate of drug-likeness (QED) is 0.694. The number of hydrogen-bond donors (Lipinski definition) is 3. The van der Waals surface area contributed by atoms with Crippen LogP contribution >= 0.6 is 0 Å². The van der Waals surface area contributed by atoms with Crippen molar-refractivity contribution in [3.05, 3.63) is 11.9 Å². The number of hydrogen-bond acceptors (Lipinski definition) is 4. The molecule has 0 aromatic carbocycles. The number of nitrogens with one attached hydrogen (secondary N) is 1. The fraction of sp³-hybridized carbons (Fsp3) is 0.667. The third-order valence-electron chi connectivity index (χ3n) is 2.57. The molecule has 0 radical (unpaired) electrons. The number of anilines is 1. The molecule has 6 nitrogen and oxygen atoms in total. The van der Waals surface area contributed by atoms with Crippen molar-refractivity contribution in [1.29, 1.82) is 0 Å². The summed E-state index contributed by atoms with van der Waals surface area (Å²) in [6.45, 7) is 6.83. The van der Waals surface area contributed by atoms with Gasteiger partial charge in [-0.3, -0.25) is 9.48 Å². The van der Waals surface area contributed by atoms with Crippen LogP contribution in [0.1, 0.15) is 37.7 Å². The summed E-state index contributed by atoms with van der Waals surface area (Å²) >= 11 is 0. The number of aliphatic hydroxyl groups excluding tert-OH is 1. The summed E-state index contributed by atoms with van der Waals surface area (Å²) in [5.41, 5.74) is 6.27. The number of amides is 1. The molecule has 0 aliphatic rings. The SMILES string of the molecule is CCn1cc(N)c(C(=O)NCC(O)CC(C)C)n1. The zero-order chi connectivity index (χ0) is 13.7. The summed E-state index contributed by atoms with van der Waals surface area (Å²) in [7, 11) is 0. The van der Waals surface area contributed by atoms with Crippen molar-refractivity contribution in [2.75, 3.05) is 12.3 Å². The Bertz CT molecular complexity index is 401. The highest BCUT2D eigenvalue weighted by Crippen LogP contribution is 2.09. The maximum absolute atomic E-state index is 11.8. The van der Waals surface area contributed by atoms with Crippen molar-refractivity contribution in [1.82, 2.24) is 15.1 Å². The second-order valence-electron chi connectivity index (χ2n) is 4.78. The zero-order valence-electron chi connectivity index (χ0n) is 11.2. The first-order valence-electron chi connectivity index (χ1n) is 6.23. The summed E-state index contributed by atoms with van der Waals surface area (Å²) in [6.07, 6.45) is 1.74. The minimum Gasteiger partial charge on any atom is -0.396 e. The molecule has 102 valence electrons. The van der Waals surface area contributed by atoms with Crippen LogP contribution in [0.5, 0.6) is 0 Å². The molecule has 1 atom stereocenters. The fourth-order valence-electron chi connectivity index (χ4n) is 1.70. The van der Waals surface area contributed by atoms with Crippen molar-refractivity contribution in [3.63, 3.8) is 0 Å². The number of nitrogens with two attached hydrogens (primary N) is 1. The van der Waals surface area contributed by atoms with Gasteiger partial charge in [0.15, 0.2) is 5.69 Å². The van der Waals surface area contributed by atoms with Gasteiger partial charge in [-0.05, 0) is 19.3 Å². The molecule has 18 heavy (non-hydrogen) atoms. The molecule has 0 aliphatic carbocycles. The molecular formula is C12H22N4O2. The number of aliphatic hydroxyl groups is 1. The van der Waals surface area contributed by atoms with Crippen LogP contribution in [0.4, 0.5) is 5.69 Å². The molecule has 6 heteroatoms. The highest BCUT2D eigenvalue weighted by Gasteiger charge is 2.15. The van der Waals surface area contributed by atoms with Crippen molar-refractivity contribution >= 4 is 11.6 Å². The molecule has 0 bridgehead atoms. The number of rotatable bonds is 6. The predicted octanol–water partition coefficient (Wildman–Crippen LogP) is 0.622. The van der Waals surface area contributed by atoms with Crippen LogP contribution in [0.2, 0.25) is 0 Å². The largest absolute Gasteiger partial charge is 0.396 e. The molecule has 1 unspecified atom stereocenters. The van der Waals surface area contributed by atoms with Crippen LogP contribution in [0.25, 0.3) is 0 Å². The number of carbonyl (C=O) groups excluding carboxylic acids is 1. The van der Waals surface area contributed by atoms with Crippen LogP contribution < -0.4 is 11.1 Å². The van der Waals surface area contributed by atoms with Gasteiger partial charge in [-0.1, -0.05) is 13.8 Å². The van der Waals surface area contributed by atoms with E-state index in [1.54, 1.807) is 10.9 Å². The van der Waals surface area contributed by atoms with Gasteiger partial charge in [0, 0.05) is 19.3 Å². The normalized spacial score (nSPS) is 12.7. The van der Waals surface area contributed by atoms with E-state index in [1.807, 2.05) is 20.8 Å². The molecule has 1 aromatic heterocycles. The summed E-state index contributed by atoms with van der Waals surface area (Å²) in [4.78, 5) is 11.8. The maximum Gasteiger partial charge on any atom is 0.274 e. The second-order valence-corrected chi connectivity index (χ2v) is 4.78. The molecule has 0 aliphatic heterocycles. The van der Waals surface area contributed by atoms with Gasteiger partial charge in [-0.2, -0.15) is 5.10 Å². The topological polar surface area (TPSA) is 93.2 Å². The minimum atomic E-state index is -0.538. The van der Waals surface area contributed by atoms with Crippen LogP contribution in [0.3, 0.4) is 0 Å². The Hall–Kier alpha value is -1.56. The molecule has 1 amide bonds. The van der Waals surface area contributed by atoms with Gasteiger partial charge in [0.1, 0.15) is 0 Å². The van der Waals surface area contributed by atoms with E-state index in [1.165, 1.54) is 0 Å². The van der Waals surface area contributed by atoms with Gasteiger partial charge in [0.25, 0.3) is 5.91 Å². The highest BCUT2D eigenvalue weighted by molar-refractivity contribution is 5.96. The molecule has 1 heterocycles. The van der Waals surface area contributed by atoms with Crippen LogP contribution in [-0.2, 0) is 6.54 Å². The third-order valence-corrected chi connectivity index (χ3v) is 2.57. The van der Waals surface area contributed by atoms with Gasteiger partial charge in [-0.15, -0.1) is 0 Å². The van der Waals surface area contributed by atoms with E-state index in [-0.39, 0.29) is 18.1 Å². The maximum atomic E-state index is 11.8. The Labute approximate surface area is 107 Å². The highest BCUT2D eigenvalue weighted by atomic mass is 16.3. The van der Waals surface area contributed by atoms with Crippen molar-refractivity contribution in [2.24, 2.45) is 5.92 Å². The van der Waals surface area contributed by atoms with E-state index < -0.39 is 6.10 Å². The van der Waals surface area contributed by atoms with Crippen LogP contribution in [0.15, 0.2) is 6.20 Å². The summed E-state index contributed by atoms with van der Waals surface area (Å²) in [5.74, 6) is 0.0452. The second kappa shape index (κ2) is 6.39. The Kier molecular flexibility index (Phi) is 5.15. The Morgan fingerprint density at radius 1 is 1.61 bits per heavy atom. The van der Waals surface area contributed by atoms with Gasteiger partial charge in [0.2, 0.25) is 0 Å². The number of nitrogen functional groups attached to an aromatic ring is 1. The Morgan fingerprint density at radius 3 is 2.78 bits per heavy atom. The van der Waals surface area contributed by atoms with E-state index in [0.29, 0.717) is 24.6 Å².